The number of rotatable bonds is 10. The largest absolute Gasteiger partial charge is 0.453 e. The van der Waals surface area contributed by atoms with Gasteiger partial charge in [0.2, 0.25) is 5.91 Å². The molecule has 0 radical (unpaired) electrons. The number of piperidine rings is 1. The molecule has 52 heavy (non-hydrogen) atoms. The van der Waals surface area contributed by atoms with Gasteiger partial charge in [0.05, 0.1) is 30.2 Å². The number of imidazole rings is 1. The Morgan fingerprint density at radius 2 is 1.58 bits per heavy atom. The predicted molar refractivity (Wildman–Crippen MR) is 199 cm³/mol. The first-order valence-corrected chi connectivity index (χ1v) is 19.0. The molecule has 3 aromatic carbocycles. The third kappa shape index (κ3) is 7.06. The van der Waals surface area contributed by atoms with Crippen molar-refractivity contribution in [2.75, 3.05) is 43.1 Å². The molecule has 4 aromatic rings. The minimum absolute atomic E-state index is 0.0175. The number of hydrogen-bond donors (Lipinski definition) is 2. The summed E-state index contributed by atoms with van der Waals surface area (Å²) in [6, 6.07) is 18.5. The van der Waals surface area contributed by atoms with Crippen LogP contribution >= 0.6 is 0 Å². The van der Waals surface area contributed by atoms with Gasteiger partial charge in [0.15, 0.2) is 11.6 Å². The molecule has 9 nitrogen and oxygen atoms in total. The van der Waals surface area contributed by atoms with Crippen molar-refractivity contribution >= 4 is 34.4 Å². The van der Waals surface area contributed by atoms with Gasteiger partial charge >= 0.3 is 6.09 Å². The van der Waals surface area contributed by atoms with Crippen LogP contribution in [0.4, 0.5) is 25.0 Å². The van der Waals surface area contributed by atoms with E-state index in [1.165, 1.54) is 24.8 Å². The summed E-state index contributed by atoms with van der Waals surface area (Å²) in [5.74, 6) is -0.0549. The number of carbonyl (C=O) groups excluding carboxylic acids is 2. The molecule has 276 valence electrons. The number of amides is 2. The van der Waals surface area contributed by atoms with Crippen molar-refractivity contribution in [2.24, 2.45) is 5.92 Å². The third-order valence-electron chi connectivity index (χ3n) is 11.7. The minimum Gasteiger partial charge on any atom is -0.453 e. The van der Waals surface area contributed by atoms with Gasteiger partial charge in [0.1, 0.15) is 17.6 Å². The summed E-state index contributed by atoms with van der Waals surface area (Å²) >= 11 is 0. The van der Waals surface area contributed by atoms with Gasteiger partial charge in [-0.25, -0.2) is 18.6 Å². The molecule has 2 amide bonds. The standard InChI is InChI=1S/C41H50F2N6O3/c1-4-26(5-2)37(46-41(51)52-3)40(50)49-20-10-14-36(49)39-44-33-16-15-29(23-34(33)45-39)35-13-9-19-48(35)30-24-31(42)38(32(43)25-30)47-21-17-28(18-22-47)27-11-7-6-8-12-27/h6-8,11-12,15-16,23-26,28,35-37H,4-5,9-10,13-14,17-22H2,1-3H3,(H,44,45)(H,46,51)/t35-,36+,37?/m1/s1. The first kappa shape index (κ1) is 35.7. The van der Waals surface area contributed by atoms with Crippen LogP contribution < -0.4 is 15.1 Å². The zero-order valence-corrected chi connectivity index (χ0v) is 30.4. The number of alkyl carbamates (subject to hydrolysis) is 1. The van der Waals surface area contributed by atoms with Crippen LogP contribution in [-0.2, 0) is 9.53 Å². The van der Waals surface area contributed by atoms with Gasteiger partial charge in [-0.2, -0.15) is 0 Å². The quantitative estimate of drug-likeness (QED) is 0.172. The monoisotopic (exact) mass is 712 g/mol. The Labute approximate surface area is 304 Å². The van der Waals surface area contributed by atoms with E-state index in [0.29, 0.717) is 37.8 Å². The number of halogens is 2. The maximum Gasteiger partial charge on any atom is 0.407 e. The zero-order chi connectivity index (χ0) is 36.4. The number of ether oxygens (including phenoxy) is 1. The van der Waals surface area contributed by atoms with E-state index in [1.807, 2.05) is 47.9 Å². The molecule has 0 bridgehead atoms. The predicted octanol–water partition coefficient (Wildman–Crippen LogP) is 8.39. The lowest BCUT2D eigenvalue weighted by Gasteiger charge is -2.35. The smallest absolute Gasteiger partial charge is 0.407 e. The van der Waals surface area contributed by atoms with Gasteiger partial charge in [0.25, 0.3) is 0 Å². The van der Waals surface area contributed by atoms with Crippen LogP contribution in [0.5, 0.6) is 0 Å². The van der Waals surface area contributed by atoms with Crippen LogP contribution in [0.3, 0.4) is 0 Å². The minimum atomic E-state index is -0.678. The average Bonchev–Trinajstić information content (AvgIpc) is 3.95. The number of methoxy groups -OCH3 is 1. The van der Waals surface area contributed by atoms with Crippen LogP contribution in [0.2, 0.25) is 0 Å². The summed E-state index contributed by atoms with van der Waals surface area (Å²) in [4.78, 5) is 40.4. The van der Waals surface area contributed by atoms with Gasteiger partial charge < -0.3 is 29.7 Å². The Hall–Kier alpha value is -4.67. The Balaban J connectivity index is 1.08. The van der Waals surface area contributed by atoms with Gasteiger partial charge in [-0.3, -0.25) is 4.79 Å². The van der Waals surface area contributed by atoms with E-state index in [2.05, 4.69) is 39.5 Å². The van der Waals surface area contributed by atoms with Crippen molar-refractivity contribution < 1.29 is 23.1 Å². The SMILES string of the molecule is CCC(CC)C(NC(=O)OC)C(=O)N1CCC[C@H]1c1nc2cc([C@H]3CCCN3c3cc(F)c(N4CCC(c5ccccc5)CC4)c(F)c3)ccc2[nH]1. The highest BCUT2D eigenvalue weighted by Crippen LogP contribution is 2.41. The van der Waals surface area contributed by atoms with E-state index in [0.717, 1.165) is 73.8 Å². The Kier molecular flexibility index (Phi) is 10.7. The second-order valence-electron chi connectivity index (χ2n) is 14.6. The number of benzene rings is 3. The number of H-pyrrole nitrogens is 1. The van der Waals surface area contributed by atoms with Crippen molar-refractivity contribution in [3.8, 4) is 0 Å². The fraction of sp³-hybridized carbons (Fsp3) is 0.488. The van der Waals surface area contributed by atoms with E-state index in [4.69, 9.17) is 9.72 Å². The molecule has 4 heterocycles. The fourth-order valence-corrected chi connectivity index (χ4v) is 8.83. The van der Waals surface area contributed by atoms with Crippen LogP contribution in [0.1, 0.15) is 100 Å². The molecule has 0 spiro atoms. The highest BCUT2D eigenvalue weighted by molar-refractivity contribution is 5.86. The fourth-order valence-electron chi connectivity index (χ4n) is 8.83. The van der Waals surface area contributed by atoms with E-state index in [-0.39, 0.29) is 29.6 Å². The highest BCUT2D eigenvalue weighted by atomic mass is 19.1. The number of aromatic amines is 1. The van der Waals surface area contributed by atoms with Crippen molar-refractivity contribution in [3.63, 3.8) is 0 Å². The molecular weight excluding hydrogens is 662 g/mol. The summed E-state index contributed by atoms with van der Waals surface area (Å²) in [7, 11) is 1.31. The second-order valence-corrected chi connectivity index (χ2v) is 14.6. The number of fused-ring (bicyclic) bond motifs is 1. The molecule has 1 unspecified atom stereocenters. The molecular formula is C41H50F2N6O3. The Morgan fingerprint density at radius 1 is 0.885 bits per heavy atom. The van der Waals surface area contributed by atoms with E-state index < -0.39 is 23.8 Å². The first-order valence-electron chi connectivity index (χ1n) is 19.0. The van der Waals surface area contributed by atoms with Crippen molar-refractivity contribution in [1.29, 1.82) is 0 Å². The second kappa shape index (κ2) is 15.5. The van der Waals surface area contributed by atoms with Crippen molar-refractivity contribution in [3.05, 3.63) is 89.2 Å². The van der Waals surface area contributed by atoms with E-state index >= 15 is 8.78 Å². The third-order valence-corrected chi connectivity index (χ3v) is 11.7. The number of aromatic nitrogens is 2. The summed E-state index contributed by atoms with van der Waals surface area (Å²) < 4.78 is 36.4. The molecule has 3 aliphatic rings. The molecule has 3 aliphatic heterocycles. The van der Waals surface area contributed by atoms with Gasteiger partial charge in [-0.1, -0.05) is 63.1 Å². The molecule has 11 heteroatoms. The lowest BCUT2D eigenvalue weighted by Crippen LogP contribution is -2.52. The molecule has 3 saturated heterocycles. The lowest BCUT2D eigenvalue weighted by molar-refractivity contribution is -0.136. The molecule has 7 rings (SSSR count). The molecule has 0 saturated carbocycles. The first-order chi connectivity index (χ1) is 25.3. The van der Waals surface area contributed by atoms with Crippen molar-refractivity contribution in [2.45, 2.75) is 89.3 Å². The normalized spacial score (nSPS) is 20.2. The zero-order valence-electron chi connectivity index (χ0n) is 30.4. The van der Waals surface area contributed by atoms with Crippen LogP contribution in [0.25, 0.3) is 11.0 Å². The number of nitrogens with one attached hydrogen (secondary N) is 2. The number of anilines is 2. The van der Waals surface area contributed by atoms with Gasteiger partial charge in [-0.05, 0) is 85.8 Å². The average molecular weight is 713 g/mol. The Bertz CT molecular complexity index is 1850. The lowest BCUT2D eigenvalue weighted by atomic mass is 9.89. The van der Waals surface area contributed by atoms with Crippen LogP contribution in [0.15, 0.2) is 60.7 Å². The summed E-state index contributed by atoms with van der Waals surface area (Å²) in [5.41, 5.74) is 4.60. The molecule has 0 aliphatic carbocycles. The molecule has 2 N–H and O–H groups in total. The molecule has 3 atom stereocenters. The number of likely N-dealkylation sites (tertiary alicyclic amines) is 1. The van der Waals surface area contributed by atoms with E-state index in [1.54, 1.807) is 0 Å². The van der Waals surface area contributed by atoms with Crippen LogP contribution in [0, 0.1) is 17.6 Å². The summed E-state index contributed by atoms with van der Waals surface area (Å²) in [6.45, 7) is 6.55. The van der Waals surface area contributed by atoms with Gasteiger partial charge in [-0.15, -0.1) is 0 Å². The van der Waals surface area contributed by atoms with E-state index in [9.17, 15) is 9.59 Å². The van der Waals surface area contributed by atoms with Crippen LogP contribution in [-0.4, -0.2) is 66.2 Å². The Morgan fingerprint density at radius 3 is 2.27 bits per heavy atom. The number of carbonyl (C=O) groups is 2. The topological polar surface area (TPSA) is 93.8 Å². The summed E-state index contributed by atoms with van der Waals surface area (Å²) in [6.07, 6.45) is 5.96. The maximum atomic E-state index is 15.8. The highest BCUT2D eigenvalue weighted by Gasteiger charge is 2.39. The van der Waals surface area contributed by atoms with Gasteiger partial charge in [0, 0.05) is 31.9 Å². The van der Waals surface area contributed by atoms with Crippen molar-refractivity contribution in [1.82, 2.24) is 20.2 Å². The number of hydrogen-bond acceptors (Lipinski definition) is 6. The molecule has 1 aromatic heterocycles. The maximum absolute atomic E-state index is 15.8. The summed E-state index contributed by atoms with van der Waals surface area (Å²) in [5, 5.41) is 2.80. The molecule has 3 fully saturated rings. The number of nitrogens with zero attached hydrogens (tertiary/aromatic N) is 4.